The van der Waals surface area contributed by atoms with Gasteiger partial charge in [-0.15, -0.1) is 0 Å². The number of hydrogen-bond donors (Lipinski definition) is 1. The molecule has 1 atom stereocenters. The summed E-state index contributed by atoms with van der Waals surface area (Å²) in [5, 5.41) is 0. The predicted molar refractivity (Wildman–Crippen MR) is 134 cm³/mol. The van der Waals surface area contributed by atoms with Gasteiger partial charge in [0.25, 0.3) is 0 Å². The van der Waals surface area contributed by atoms with E-state index in [1.807, 2.05) is 6.07 Å². The van der Waals surface area contributed by atoms with E-state index >= 15 is 0 Å². The van der Waals surface area contributed by atoms with Crippen molar-refractivity contribution >= 4 is 16.8 Å². The third-order valence-corrected chi connectivity index (χ3v) is 7.27. The molecule has 0 saturated heterocycles. The van der Waals surface area contributed by atoms with Crippen molar-refractivity contribution in [2.45, 2.75) is 66.2 Å². The van der Waals surface area contributed by atoms with Crippen molar-refractivity contribution < 1.29 is 4.39 Å². The van der Waals surface area contributed by atoms with Crippen LogP contribution in [-0.2, 0) is 12.8 Å². The lowest BCUT2D eigenvalue weighted by Crippen LogP contribution is -2.14. The molecule has 0 amide bonds. The van der Waals surface area contributed by atoms with Crippen LogP contribution >= 0.6 is 0 Å². The van der Waals surface area contributed by atoms with Gasteiger partial charge in [-0.2, -0.15) is 0 Å². The first kappa shape index (κ1) is 22.1. The number of aryl methyl sites for hydroxylation is 4. The maximum absolute atomic E-state index is 14.5. The van der Waals surface area contributed by atoms with Crippen LogP contribution in [0.15, 0.2) is 30.3 Å². The predicted octanol–water partition coefficient (Wildman–Crippen LogP) is 6.21. The Labute approximate surface area is 195 Å². The van der Waals surface area contributed by atoms with Gasteiger partial charge in [0.05, 0.1) is 22.4 Å². The lowest BCUT2D eigenvalue weighted by atomic mass is 9.92. The summed E-state index contributed by atoms with van der Waals surface area (Å²) in [5.41, 5.74) is 15.0. The van der Waals surface area contributed by atoms with E-state index in [0.717, 1.165) is 53.4 Å². The van der Waals surface area contributed by atoms with Gasteiger partial charge in [-0.05, 0) is 88.1 Å². The van der Waals surface area contributed by atoms with Crippen molar-refractivity contribution in [3.63, 3.8) is 0 Å². The Bertz CT molecular complexity index is 1300. The van der Waals surface area contributed by atoms with Gasteiger partial charge < -0.3 is 5.73 Å². The van der Waals surface area contributed by atoms with E-state index in [9.17, 15) is 4.39 Å². The van der Waals surface area contributed by atoms with Crippen LogP contribution in [0.4, 0.5) is 4.39 Å². The number of imidazole rings is 2. The fourth-order valence-electron chi connectivity index (χ4n) is 5.74. The van der Waals surface area contributed by atoms with Crippen molar-refractivity contribution in [1.82, 2.24) is 14.0 Å². The molecule has 4 nitrogen and oxygen atoms in total. The first-order valence-electron chi connectivity index (χ1n) is 12.4. The van der Waals surface area contributed by atoms with Gasteiger partial charge in [-0.3, -0.25) is 8.97 Å². The van der Waals surface area contributed by atoms with Gasteiger partial charge in [0.15, 0.2) is 0 Å². The Morgan fingerprint density at radius 3 is 2.45 bits per heavy atom. The number of aromatic nitrogens is 3. The second-order valence-corrected chi connectivity index (χ2v) is 10.0. The lowest BCUT2D eigenvalue weighted by molar-refractivity contribution is 0.423. The number of fused-ring (bicyclic) bond motifs is 3. The molecule has 5 heteroatoms. The zero-order chi connectivity index (χ0) is 23.3. The van der Waals surface area contributed by atoms with E-state index in [1.165, 1.54) is 41.6 Å². The van der Waals surface area contributed by atoms with E-state index < -0.39 is 0 Å². The first-order chi connectivity index (χ1) is 15.9. The number of rotatable bonds is 8. The summed E-state index contributed by atoms with van der Waals surface area (Å²) in [4.78, 5) is 5.16. The molecule has 174 valence electrons. The number of halogens is 1. The summed E-state index contributed by atoms with van der Waals surface area (Å²) in [6, 6.07) is 9.55. The molecule has 4 aromatic rings. The number of benzene rings is 2. The molecule has 2 aromatic carbocycles. The normalized spacial score (nSPS) is 15.1. The Balaban J connectivity index is 1.77. The summed E-state index contributed by atoms with van der Waals surface area (Å²) in [6.07, 6.45) is 6.75. The Morgan fingerprint density at radius 1 is 1.09 bits per heavy atom. The second kappa shape index (κ2) is 8.60. The van der Waals surface area contributed by atoms with Crippen molar-refractivity contribution in [2.24, 2.45) is 17.6 Å². The third kappa shape index (κ3) is 3.97. The van der Waals surface area contributed by atoms with E-state index in [-0.39, 0.29) is 5.82 Å². The van der Waals surface area contributed by atoms with Crippen LogP contribution in [0.5, 0.6) is 0 Å². The molecular formula is C28H35FN4. The van der Waals surface area contributed by atoms with E-state index in [0.29, 0.717) is 12.5 Å². The third-order valence-electron chi connectivity index (χ3n) is 7.27. The van der Waals surface area contributed by atoms with Crippen LogP contribution in [0.25, 0.3) is 22.5 Å². The highest BCUT2D eigenvalue weighted by atomic mass is 19.1. The molecular weight excluding hydrogens is 411 g/mol. The van der Waals surface area contributed by atoms with E-state index in [2.05, 4.69) is 48.8 Å². The minimum absolute atomic E-state index is 0.215. The van der Waals surface area contributed by atoms with Crippen molar-refractivity contribution in [1.29, 1.82) is 0 Å². The van der Waals surface area contributed by atoms with Crippen LogP contribution in [0.1, 0.15) is 60.7 Å². The molecule has 5 rings (SSSR count). The molecule has 33 heavy (non-hydrogen) atoms. The molecule has 0 spiro atoms. The van der Waals surface area contributed by atoms with Gasteiger partial charge in [0, 0.05) is 11.8 Å². The number of nitrogens with two attached hydrogens (primary N) is 1. The summed E-state index contributed by atoms with van der Waals surface area (Å²) < 4.78 is 19.0. The molecule has 2 N–H and O–H groups in total. The average Bonchev–Trinajstić information content (AvgIpc) is 3.43. The molecule has 1 aliphatic rings. The van der Waals surface area contributed by atoms with E-state index in [1.54, 1.807) is 12.1 Å². The van der Waals surface area contributed by atoms with Crippen molar-refractivity contribution in [3.05, 3.63) is 64.2 Å². The fraction of sp³-hybridized carbons (Fsp3) is 0.464. The summed E-state index contributed by atoms with van der Waals surface area (Å²) in [7, 11) is 0. The van der Waals surface area contributed by atoms with Crippen LogP contribution in [0.3, 0.4) is 0 Å². The van der Waals surface area contributed by atoms with Gasteiger partial charge in [-0.1, -0.05) is 37.5 Å². The Kier molecular flexibility index (Phi) is 5.77. The van der Waals surface area contributed by atoms with Crippen molar-refractivity contribution in [2.75, 3.05) is 6.54 Å². The SMILES string of the molecule is CCc1nc2n(-c3c(C)cc(C)cc3C)c3ccc(F)cc3n2c1CC(CCN)CC1CC1. The average molecular weight is 447 g/mol. The first-order valence-corrected chi connectivity index (χ1v) is 12.4. The topological polar surface area (TPSA) is 48.2 Å². The minimum Gasteiger partial charge on any atom is -0.330 e. The van der Waals surface area contributed by atoms with Crippen LogP contribution in [0.2, 0.25) is 0 Å². The Hall–Kier alpha value is -2.66. The molecule has 0 aliphatic heterocycles. The standard InChI is InChI=1S/C28H35FN4/c1-5-23-25(15-21(10-11-30)14-20-6-7-20)32-26-16-22(29)8-9-24(26)33(28(32)31-23)27-18(3)12-17(2)13-19(27)4/h8-9,12-13,16,20-21H,5-7,10-11,14-15,30H2,1-4H3. The second-order valence-electron chi connectivity index (χ2n) is 10.0. The molecule has 2 aromatic heterocycles. The smallest absolute Gasteiger partial charge is 0.220 e. The van der Waals surface area contributed by atoms with Crippen LogP contribution in [-0.4, -0.2) is 20.5 Å². The molecule has 1 saturated carbocycles. The van der Waals surface area contributed by atoms with Gasteiger partial charge in [0.1, 0.15) is 5.82 Å². The van der Waals surface area contributed by atoms with Gasteiger partial charge >= 0.3 is 0 Å². The molecule has 1 unspecified atom stereocenters. The maximum Gasteiger partial charge on any atom is 0.220 e. The maximum atomic E-state index is 14.5. The fourth-order valence-corrected chi connectivity index (χ4v) is 5.74. The summed E-state index contributed by atoms with van der Waals surface area (Å²) >= 11 is 0. The van der Waals surface area contributed by atoms with Gasteiger partial charge in [-0.25, -0.2) is 9.37 Å². The minimum atomic E-state index is -0.215. The highest BCUT2D eigenvalue weighted by Crippen LogP contribution is 2.38. The number of hydrogen-bond acceptors (Lipinski definition) is 2. The lowest BCUT2D eigenvalue weighted by Gasteiger charge is -2.16. The highest BCUT2D eigenvalue weighted by molar-refractivity contribution is 5.85. The molecule has 0 bridgehead atoms. The quantitative estimate of drug-likeness (QED) is 0.350. The van der Waals surface area contributed by atoms with Crippen LogP contribution < -0.4 is 5.73 Å². The largest absolute Gasteiger partial charge is 0.330 e. The molecule has 1 fully saturated rings. The summed E-state index contributed by atoms with van der Waals surface area (Å²) in [6.45, 7) is 9.30. The zero-order valence-electron chi connectivity index (χ0n) is 20.3. The number of nitrogens with zero attached hydrogens (tertiary/aromatic N) is 3. The molecule has 2 heterocycles. The highest BCUT2D eigenvalue weighted by Gasteiger charge is 2.28. The van der Waals surface area contributed by atoms with Crippen LogP contribution in [0, 0.1) is 38.4 Å². The molecule has 1 aliphatic carbocycles. The van der Waals surface area contributed by atoms with E-state index in [4.69, 9.17) is 10.7 Å². The van der Waals surface area contributed by atoms with Gasteiger partial charge in [0.2, 0.25) is 5.78 Å². The summed E-state index contributed by atoms with van der Waals surface area (Å²) in [5.74, 6) is 2.07. The molecule has 0 radical (unpaired) electrons. The Morgan fingerprint density at radius 2 is 1.82 bits per heavy atom. The zero-order valence-corrected chi connectivity index (χ0v) is 20.3. The van der Waals surface area contributed by atoms with Crippen molar-refractivity contribution in [3.8, 4) is 5.69 Å². The monoisotopic (exact) mass is 446 g/mol.